The summed E-state index contributed by atoms with van der Waals surface area (Å²) < 4.78 is 34.1. The largest absolute Gasteiger partial charge is 0.385 e. The maximum atomic E-state index is 13.9. The number of nitrogens with one attached hydrogen (secondary N) is 1. The van der Waals surface area contributed by atoms with Gasteiger partial charge >= 0.3 is 0 Å². The molecule has 0 amide bonds. The molecule has 0 aliphatic rings. The first-order chi connectivity index (χ1) is 8.56. The average Bonchev–Trinajstić information content (AvgIpc) is 2.68. The highest BCUT2D eigenvalue weighted by Gasteiger charge is 2.17. The Bertz CT molecular complexity index is 620. The van der Waals surface area contributed by atoms with E-state index >= 15 is 0 Å². The SMILES string of the molecule is COCCC(C)n1c(=S)[nH]c2ccc(F)c(F)c21. The minimum atomic E-state index is -0.871. The number of nitrogens with zero attached hydrogens (tertiary/aromatic N) is 1. The number of halogens is 2. The summed E-state index contributed by atoms with van der Waals surface area (Å²) in [6.45, 7) is 2.43. The minimum Gasteiger partial charge on any atom is -0.385 e. The zero-order valence-electron chi connectivity index (χ0n) is 10.2. The van der Waals surface area contributed by atoms with Gasteiger partial charge < -0.3 is 14.3 Å². The van der Waals surface area contributed by atoms with Crippen LogP contribution >= 0.6 is 12.2 Å². The molecule has 1 atom stereocenters. The number of rotatable bonds is 4. The van der Waals surface area contributed by atoms with Crippen molar-refractivity contribution >= 4 is 23.3 Å². The Morgan fingerprint density at radius 3 is 2.83 bits per heavy atom. The third-order valence-electron chi connectivity index (χ3n) is 2.95. The Labute approximate surface area is 108 Å². The van der Waals surface area contributed by atoms with Gasteiger partial charge in [-0.2, -0.15) is 0 Å². The summed E-state index contributed by atoms with van der Waals surface area (Å²) in [7, 11) is 1.60. The fourth-order valence-corrected chi connectivity index (χ4v) is 2.37. The summed E-state index contributed by atoms with van der Waals surface area (Å²) in [6.07, 6.45) is 0.674. The molecule has 0 aliphatic carbocycles. The van der Waals surface area contributed by atoms with E-state index in [0.717, 1.165) is 6.07 Å². The first kappa shape index (κ1) is 13.2. The van der Waals surface area contributed by atoms with Crippen molar-refractivity contribution in [2.24, 2.45) is 0 Å². The van der Waals surface area contributed by atoms with Gasteiger partial charge in [-0.1, -0.05) is 0 Å². The highest BCUT2D eigenvalue weighted by atomic mass is 32.1. The third-order valence-corrected chi connectivity index (χ3v) is 3.25. The van der Waals surface area contributed by atoms with Crippen LogP contribution in [0, 0.1) is 16.4 Å². The monoisotopic (exact) mass is 272 g/mol. The summed E-state index contributed by atoms with van der Waals surface area (Å²) in [5, 5.41) is 0. The van der Waals surface area contributed by atoms with Crippen molar-refractivity contribution in [3.63, 3.8) is 0 Å². The third kappa shape index (κ3) is 2.18. The number of aromatic amines is 1. The summed E-state index contributed by atoms with van der Waals surface area (Å²) in [6, 6.07) is 2.51. The van der Waals surface area contributed by atoms with Crippen molar-refractivity contribution in [2.75, 3.05) is 13.7 Å². The van der Waals surface area contributed by atoms with Gasteiger partial charge in [0.25, 0.3) is 0 Å². The lowest BCUT2D eigenvalue weighted by atomic mass is 10.2. The first-order valence-electron chi connectivity index (χ1n) is 5.63. The average molecular weight is 272 g/mol. The van der Waals surface area contributed by atoms with E-state index in [1.807, 2.05) is 6.92 Å². The van der Waals surface area contributed by atoms with Crippen LogP contribution in [-0.2, 0) is 4.74 Å². The molecule has 0 spiro atoms. The molecule has 0 saturated heterocycles. The van der Waals surface area contributed by atoms with Crippen LogP contribution in [0.4, 0.5) is 8.78 Å². The molecule has 0 aliphatic heterocycles. The zero-order valence-corrected chi connectivity index (χ0v) is 11.0. The van der Waals surface area contributed by atoms with Gasteiger partial charge in [-0.25, -0.2) is 8.78 Å². The van der Waals surface area contributed by atoms with Crippen LogP contribution < -0.4 is 0 Å². The Morgan fingerprint density at radius 2 is 2.17 bits per heavy atom. The van der Waals surface area contributed by atoms with Gasteiger partial charge in [-0.15, -0.1) is 0 Å². The molecule has 2 rings (SSSR count). The Kier molecular flexibility index (Phi) is 3.77. The van der Waals surface area contributed by atoms with Gasteiger partial charge in [-0.05, 0) is 37.7 Å². The molecule has 98 valence electrons. The lowest BCUT2D eigenvalue weighted by molar-refractivity contribution is 0.181. The molecule has 1 unspecified atom stereocenters. The van der Waals surface area contributed by atoms with Gasteiger partial charge in [0.05, 0.1) is 5.52 Å². The Hall–Kier alpha value is -1.27. The maximum absolute atomic E-state index is 13.9. The lowest BCUT2D eigenvalue weighted by Gasteiger charge is -2.14. The summed E-state index contributed by atoms with van der Waals surface area (Å²) in [5.74, 6) is -1.74. The quantitative estimate of drug-likeness (QED) is 0.862. The van der Waals surface area contributed by atoms with E-state index in [2.05, 4.69) is 4.98 Å². The zero-order chi connectivity index (χ0) is 13.3. The number of aromatic nitrogens is 2. The van der Waals surface area contributed by atoms with E-state index in [-0.39, 0.29) is 11.6 Å². The molecular formula is C12H14F2N2OS. The van der Waals surface area contributed by atoms with E-state index in [0.29, 0.717) is 23.3 Å². The molecule has 0 radical (unpaired) electrons. The minimum absolute atomic E-state index is 0.0671. The molecule has 1 aromatic heterocycles. The number of methoxy groups -OCH3 is 1. The smallest absolute Gasteiger partial charge is 0.184 e. The summed E-state index contributed by atoms with van der Waals surface area (Å²) in [5.41, 5.74) is 0.687. The van der Waals surface area contributed by atoms with Gasteiger partial charge in [0.15, 0.2) is 16.4 Å². The van der Waals surface area contributed by atoms with Gasteiger partial charge in [0.2, 0.25) is 0 Å². The van der Waals surface area contributed by atoms with E-state index in [1.54, 1.807) is 11.7 Å². The molecule has 6 heteroatoms. The number of imidazole rings is 1. The highest BCUT2D eigenvalue weighted by molar-refractivity contribution is 7.71. The standard InChI is InChI=1S/C12H14F2N2OS/c1-7(5-6-17-2)16-11-9(15-12(16)18)4-3-8(13)10(11)14/h3-4,7H,5-6H2,1-2H3,(H,15,18). The van der Waals surface area contributed by atoms with Crippen LogP contribution in [0.1, 0.15) is 19.4 Å². The number of ether oxygens (including phenoxy) is 1. The number of fused-ring (bicyclic) bond motifs is 1. The molecule has 0 bridgehead atoms. The van der Waals surface area contributed by atoms with Crippen LogP contribution in [0.15, 0.2) is 12.1 Å². The molecule has 1 N–H and O–H groups in total. The van der Waals surface area contributed by atoms with Crippen molar-refractivity contribution in [3.05, 3.63) is 28.5 Å². The van der Waals surface area contributed by atoms with Crippen molar-refractivity contribution in [1.82, 2.24) is 9.55 Å². The van der Waals surface area contributed by atoms with Crippen molar-refractivity contribution in [1.29, 1.82) is 0 Å². The van der Waals surface area contributed by atoms with Crippen LogP contribution in [0.3, 0.4) is 0 Å². The van der Waals surface area contributed by atoms with E-state index in [1.165, 1.54) is 6.07 Å². The van der Waals surface area contributed by atoms with Gasteiger partial charge in [0, 0.05) is 19.8 Å². The predicted molar refractivity (Wildman–Crippen MR) is 68.2 cm³/mol. The molecule has 18 heavy (non-hydrogen) atoms. The van der Waals surface area contributed by atoms with Crippen molar-refractivity contribution < 1.29 is 13.5 Å². The molecule has 2 aromatic rings. The molecule has 1 aromatic carbocycles. The number of H-pyrrole nitrogens is 1. The highest BCUT2D eigenvalue weighted by Crippen LogP contribution is 2.25. The first-order valence-corrected chi connectivity index (χ1v) is 6.04. The van der Waals surface area contributed by atoms with Gasteiger partial charge in [0.1, 0.15) is 5.52 Å². The van der Waals surface area contributed by atoms with Crippen LogP contribution in [0.25, 0.3) is 11.0 Å². The second-order valence-corrected chi connectivity index (χ2v) is 4.57. The molecular weight excluding hydrogens is 258 g/mol. The summed E-state index contributed by atoms with van der Waals surface area (Å²) >= 11 is 5.16. The second-order valence-electron chi connectivity index (χ2n) is 4.19. The molecule has 0 saturated carbocycles. The topological polar surface area (TPSA) is 29.9 Å². The van der Waals surface area contributed by atoms with Gasteiger partial charge in [-0.3, -0.25) is 0 Å². The number of hydrogen-bond acceptors (Lipinski definition) is 2. The molecule has 3 nitrogen and oxygen atoms in total. The van der Waals surface area contributed by atoms with E-state index in [9.17, 15) is 8.78 Å². The predicted octanol–water partition coefficient (Wildman–Crippen LogP) is 3.57. The van der Waals surface area contributed by atoms with Crippen LogP contribution in [-0.4, -0.2) is 23.3 Å². The van der Waals surface area contributed by atoms with E-state index in [4.69, 9.17) is 17.0 Å². The number of hydrogen-bond donors (Lipinski definition) is 1. The Balaban J connectivity index is 2.59. The van der Waals surface area contributed by atoms with Crippen LogP contribution in [0.5, 0.6) is 0 Å². The van der Waals surface area contributed by atoms with Crippen molar-refractivity contribution in [3.8, 4) is 0 Å². The summed E-state index contributed by atoms with van der Waals surface area (Å²) in [4.78, 5) is 2.88. The number of benzene rings is 1. The van der Waals surface area contributed by atoms with Crippen LogP contribution in [0.2, 0.25) is 0 Å². The second kappa shape index (κ2) is 5.16. The fourth-order valence-electron chi connectivity index (χ4n) is 1.99. The van der Waals surface area contributed by atoms with Crippen molar-refractivity contribution in [2.45, 2.75) is 19.4 Å². The van der Waals surface area contributed by atoms with E-state index < -0.39 is 11.6 Å². The maximum Gasteiger partial charge on any atom is 0.184 e. The lowest BCUT2D eigenvalue weighted by Crippen LogP contribution is -2.09. The normalized spacial score (nSPS) is 13.1. The Morgan fingerprint density at radius 1 is 1.44 bits per heavy atom. The molecule has 0 fully saturated rings. The fraction of sp³-hybridized carbons (Fsp3) is 0.417. The molecule has 1 heterocycles.